The Morgan fingerprint density at radius 1 is 1.47 bits per heavy atom. The summed E-state index contributed by atoms with van der Waals surface area (Å²) in [5, 5.41) is 3.90. The maximum Gasteiger partial charge on any atom is 0.161 e. The van der Waals surface area contributed by atoms with Gasteiger partial charge in [-0.05, 0) is 24.5 Å². The minimum absolute atomic E-state index is 0.191. The van der Waals surface area contributed by atoms with E-state index in [1.54, 1.807) is 30.8 Å². The lowest BCUT2D eigenvalue weighted by atomic mass is 10.1. The number of nitrogens with zero attached hydrogens (tertiary/aromatic N) is 1. The normalized spacial score (nSPS) is 19.6. The summed E-state index contributed by atoms with van der Waals surface area (Å²) < 4.78 is 13.8. The number of hydrogen-bond donors (Lipinski definition) is 1. The van der Waals surface area contributed by atoms with Gasteiger partial charge in [0.2, 0.25) is 0 Å². The number of amidine groups is 1. The maximum atomic E-state index is 13.8. The molecule has 0 spiro atoms. The molecule has 0 amide bonds. The quantitative estimate of drug-likeness (QED) is 0.868. The van der Waals surface area contributed by atoms with Gasteiger partial charge in [-0.25, -0.2) is 4.39 Å². The van der Waals surface area contributed by atoms with E-state index >= 15 is 0 Å². The van der Waals surface area contributed by atoms with Crippen LogP contribution >= 0.6 is 11.8 Å². The molecule has 1 aromatic carbocycles. The van der Waals surface area contributed by atoms with Gasteiger partial charge in [-0.15, -0.1) is 0 Å². The Bertz CT molecular complexity index is 443. The fourth-order valence-corrected chi connectivity index (χ4v) is 2.84. The second-order valence-electron chi connectivity index (χ2n) is 4.62. The summed E-state index contributed by atoms with van der Waals surface area (Å²) in [5.41, 5.74) is 1.17. The van der Waals surface area contributed by atoms with Crippen LogP contribution in [0.3, 0.4) is 0 Å². The van der Waals surface area contributed by atoms with Gasteiger partial charge < -0.3 is 5.32 Å². The monoisotopic (exact) mass is 252 g/mol. The van der Waals surface area contributed by atoms with Crippen LogP contribution in [-0.4, -0.2) is 17.0 Å². The number of thioether (sulfide) groups is 1. The molecule has 2 rings (SSSR count). The van der Waals surface area contributed by atoms with E-state index in [1.165, 1.54) is 0 Å². The third-order valence-electron chi connectivity index (χ3n) is 2.88. The highest BCUT2D eigenvalue weighted by molar-refractivity contribution is 8.14. The standard InChI is InChI=1S/C13H17FN2S/c1-8(2)11-7-17-13(16-11)15-10-6-4-5-9(3)12(10)14/h4-6,8,11H,7H2,1-3H3,(H,15,16). The maximum absolute atomic E-state index is 13.8. The highest BCUT2D eigenvalue weighted by atomic mass is 32.2. The third-order valence-corrected chi connectivity index (χ3v) is 3.87. The number of rotatable bonds is 2. The first-order chi connectivity index (χ1) is 8.08. The van der Waals surface area contributed by atoms with Crippen LogP contribution in [0.4, 0.5) is 10.1 Å². The van der Waals surface area contributed by atoms with E-state index < -0.39 is 0 Å². The predicted octanol–water partition coefficient (Wildman–Crippen LogP) is 3.67. The molecule has 0 aliphatic carbocycles. The first kappa shape index (κ1) is 12.4. The number of hydrogen-bond acceptors (Lipinski definition) is 3. The predicted molar refractivity (Wildman–Crippen MR) is 73.3 cm³/mol. The van der Waals surface area contributed by atoms with Crippen LogP contribution < -0.4 is 5.32 Å². The Hall–Kier alpha value is -1.03. The molecule has 92 valence electrons. The van der Waals surface area contributed by atoms with Crippen LogP contribution in [0.1, 0.15) is 19.4 Å². The summed E-state index contributed by atoms with van der Waals surface area (Å²) in [5.74, 6) is 1.32. The van der Waals surface area contributed by atoms with Crippen LogP contribution in [-0.2, 0) is 0 Å². The molecule has 0 radical (unpaired) electrons. The molecule has 1 aromatic rings. The molecular formula is C13H17FN2S. The van der Waals surface area contributed by atoms with Gasteiger partial charge in [0.1, 0.15) is 5.82 Å². The Kier molecular flexibility index (Phi) is 3.72. The molecule has 0 aromatic heterocycles. The summed E-state index contributed by atoms with van der Waals surface area (Å²) in [6, 6.07) is 5.70. The Labute approximate surface area is 106 Å². The molecule has 0 fully saturated rings. The number of aryl methyl sites for hydroxylation is 1. The second kappa shape index (κ2) is 5.08. The van der Waals surface area contributed by atoms with Crippen LogP contribution in [0.25, 0.3) is 0 Å². The van der Waals surface area contributed by atoms with E-state index in [9.17, 15) is 4.39 Å². The number of halogens is 1. The highest BCUT2D eigenvalue weighted by Gasteiger charge is 2.21. The van der Waals surface area contributed by atoms with Crippen molar-refractivity contribution in [2.45, 2.75) is 26.8 Å². The molecule has 1 heterocycles. The lowest BCUT2D eigenvalue weighted by Gasteiger charge is -2.08. The summed E-state index contributed by atoms with van der Waals surface area (Å²) in [4.78, 5) is 4.56. The SMILES string of the molecule is Cc1cccc(NC2=NC(C(C)C)CS2)c1F. The number of anilines is 1. The van der Waals surface area contributed by atoms with E-state index in [-0.39, 0.29) is 5.82 Å². The average molecular weight is 252 g/mol. The minimum Gasteiger partial charge on any atom is -0.333 e. The minimum atomic E-state index is -0.191. The van der Waals surface area contributed by atoms with Gasteiger partial charge in [0.05, 0.1) is 11.7 Å². The number of aliphatic imine (C=N–C) groups is 1. The number of nitrogens with one attached hydrogen (secondary N) is 1. The zero-order valence-corrected chi connectivity index (χ0v) is 11.1. The van der Waals surface area contributed by atoms with Crippen molar-refractivity contribution in [2.75, 3.05) is 11.1 Å². The Balaban J connectivity index is 2.12. The van der Waals surface area contributed by atoms with Crippen molar-refractivity contribution in [3.63, 3.8) is 0 Å². The molecule has 1 atom stereocenters. The largest absolute Gasteiger partial charge is 0.333 e. The van der Waals surface area contributed by atoms with Crippen molar-refractivity contribution in [3.8, 4) is 0 Å². The van der Waals surface area contributed by atoms with Crippen molar-refractivity contribution in [2.24, 2.45) is 10.9 Å². The van der Waals surface area contributed by atoms with E-state index in [0.717, 1.165) is 10.9 Å². The lowest BCUT2D eigenvalue weighted by molar-refractivity contribution is 0.543. The van der Waals surface area contributed by atoms with Gasteiger partial charge in [0.25, 0.3) is 0 Å². The Morgan fingerprint density at radius 3 is 2.88 bits per heavy atom. The molecule has 4 heteroatoms. The molecule has 1 unspecified atom stereocenters. The van der Waals surface area contributed by atoms with Crippen LogP contribution in [0, 0.1) is 18.7 Å². The smallest absolute Gasteiger partial charge is 0.161 e. The number of benzene rings is 1. The average Bonchev–Trinajstić information content (AvgIpc) is 2.73. The van der Waals surface area contributed by atoms with E-state index in [4.69, 9.17) is 0 Å². The summed E-state index contributed by atoms with van der Waals surface area (Å²) in [7, 11) is 0. The lowest BCUT2D eigenvalue weighted by Crippen LogP contribution is -2.12. The molecular weight excluding hydrogens is 235 g/mol. The zero-order valence-electron chi connectivity index (χ0n) is 10.3. The topological polar surface area (TPSA) is 24.4 Å². The van der Waals surface area contributed by atoms with Gasteiger partial charge >= 0.3 is 0 Å². The molecule has 1 aliphatic rings. The van der Waals surface area contributed by atoms with Crippen LogP contribution in [0.2, 0.25) is 0 Å². The second-order valence-corrected chi connectivity index (χ2v) is 5.63. The molecule has 0 saturated heterocycles. The van der Waals surface area contributed by atoms with Gasteiger partial charge in [-0.1, -0.05) is 37.7 Å². The van der Waals surface area contributed by atoms with Crippen molar-refractivity contribution >= 4 is 22.6 Å². The van der Waals surface area contributed by atoms with Gasteiger partial charge in [-0.3, -0.25) is 4.99 Å². The summed E-state index contributed by atoms with van der Waals surface area (Å²) >= 11 is 1.66. The van der Waals surface area contributed by atoms with Gasteiger partial charge in [0, 0.05) is 5.75 Å². The molecule has 1 N–H and O–H groups in total. The fourth-order valence-electron chi connectivity index (χ4n) is 1.66. The molecule has 0 saturated carbocycles. The third kappa shape index (κ3) is 2.80. The first-order valence-electron chi connectivity index (χ1n) is 5.80. The summed E-state index contributed by atoms with van der Waals surface area (Å²) in [6.45, 7) is 6.08. The zero-order chi connectivity index (χ0) is 12.4. The fraction of sp³-hybridized carbons (Fsp3) is 0.462. The first-order valence-corrected chi connectivity index (χ1v) is 6.79. The van der Waals surface area contributed by atoms with Gasteiger partial charge in [0.15, 0.2) is 5.17 Å². The van der Waals surface area contributed by atoms with E-state index in [1.807, 2.05) is 6.07 Å². The molecule has 2 nitrogen and oxygen atoms in total. The van der Waals surface area contributed by atoms with Crippen molar-refractivity contribution < 1.29 is 4.39 Å². The van der Waals surface area contributed by atoms with E-state index in [0.29, 0.717) is 23.2 Å². The highest BCUT2D eigenvalue weighted by Crippen LogP contribution is 2.26. The van der Waals surface area contributed by atoms with Crippen LogP contribution in [0.15, 0.2) is 23.2 Å². The van der Waals surface area contributed by atoms with Crippen molar-refractivity contribution in [3.05, 3.63) is 29.6 Å². The van der Waals surface area contributed by atoms with E-state index in [2.05, 4.69) is 24.2 Å². The van der Waals surface area contributed by atoms with Crippen molar-refractivity contribution in [1.29, 1.82) is 0 Å². The van der Waals surface area contributed by atoms with Crippen molar-refractivity contribution in [1.82, 2.24) is 0 Å². The molecule has 17 heavy (non-hydrogen) atoms. The van der Waals surface area contributed by atoms with Gasteiger partial charge in [-0.2, -0.15) is 0 Å². The molecule has 0 bridgehead atoms. The van der Waals surface area contributed by atoms with Crippen LogP contribution in [0.5, 0.6) is 0 Å². The Morgan fingerprint density at radius 2 is 2.24 bits per heavy atom. The summed E-state index contributed by atoms with van der Waals surface area (Å²) in [6.07, 6.45) is 0. The molecule has 1 aliphatic heterocycles.